The van der Waals surface area contributed by atoms with Gasteiger partial charge in [0.1, 0.15) is 11.5 Å². The second-order valence-electron chi connectivity index (χ2n) is 6.54. The smallest absolute Gasteiger partial charge is 0.240 e. The molecule has 0 fully saturated rings. The van der Waals surface area contributed by atoms with Crippen LogP contribution in [-0.2, 0) is 9.59 Å². The number of anilines is 1. The van der Waals surface area contributed by atoms with Crippen LogP contribution in [0.4, 0.5) is 5.69 Å². The molecule has 7 heteroatoms. The highest BCUT2D eigenvalue weighted by Crippen LogP contribution is 2.17. The molecule has 0 atom stereocenters. The first-order valence-electron chi connectivity index (χ1n) is 10.2. The van der Waals surface area contributed by atoms with Crippen molar-refractivity contribution < 1.29 is 19.1 Å². The van der Waals surface area contributed by atoms with E-state index >= 15 is 0 Å². The van der Waals surface area contributed by atoms with Gasteiger partial charge in [0.05, 0.1) is 19.4 Å². The monoisotopic (exact) mass is 411 g/mol. The highest BCUT2D eigenvalue weighted by atomic mass is 16.5. The summed E-state index contributed by atoms with van der Waals surface area (Å²) in [4.78, 5) is 24.0. The lowest BCUT2D eigenvalue weighted by atomic mass is 10.2. The SMILES string of the molecule is CCCCOc1ccccc1C=NNC(=O)CCC(=O)Nc1ccc(OCC)cc1. The van der Waals surface area contributed by atoms with Gasteiger partial charge in [-0.05, 0) is 49.7 Å². The van der Waals surface area contributed by atoms with E-state index in [-0.39, 0.29) is 24.7 Å². The van der Waals surface area contributed by atoms with E-state index in [9.17, 15) is 9.59 Å². The quantitative estimate of drug-likeness (QED) is 0.312. The first-order chi connectivity index (χ1) is 14.6. The number of unbranched alkanes of at least 4 members (excludes halogenated alkanes) is 1. The lowest BCUT2D eigenvalue weighted by Crippen LogP contribution is -2.20. The van der Waals surface area contributed by atoms with Gasteiger partial charge < -0.3 is 14.8 Å². The molecule has 2 N–H and O–H groups in total. The van der Waals surface area contributed by atoms with E-state index in [0.717, 1.165) is 29.9 Å². The molecule has 2 aromatic rings. The van der Waals surface area contributed by atoms with Gasteiger partial charge in [0, 0.05) is 24.1 Å². The summed E-state index contributed by atoms with van der Waals surface area (Å²) >= 11 is 0. The van der Waals surface area contributed by atoms with E-state index in [0.29, 0.717) is 18.9 Å². The number of amides is 2. The summed E-state index contributed by atoms with van der Waals surface area (Å²) in [5.41, 5.74) is 3.88. The van der Waals surface area contributed by atoms with Crippen molar-refractivity contribution in [3.05, 3.63) is 54.1 Å². The van der Waals surface area contributed by atoms with Gasteiger partial charge in [0.2, 0.25) is 11.8 Å². The van der Waals surface area contributed by atoms with E-state index < -0.39 is 0 Å². The third-order valence-electron chi connectivity index (χ3n) is 4.10. The second-order valence-corrected chi connectivity index (χ2v) is 6.54. The molecule has 2 amide bonds. The number of rotatable bonds is 12. The number of ether oxygens (including phenoxy) is 2. The molecule has 0 bridgehead atoms. The Kier molecular flexibility index (Phi) is 9.92. The lowest BCUT2D eigenvalue weighted by molar-refractivity contribution is -0.124. The Labute approximate surface area is 177 Å². The summed E-state index contributed by atoms with van der Waals surface area (Å²) in [7, 11) is 0. The van der Waals surface area contributed by atoms with Gasteiger partial charge in [0.25, 0.3) is 0 Å². The van der Waals surface area contributed by atoms with Crippen LogP contribution in [0.5, 0.6) is 11.5 Å². The third kappa shape index (κ3) is 8.34. The molecule has 0 unspecified atom stereocenters. The Balaban J connectivity index is 1.75. The van der Waals surface area contributed by atoms with Gasteiger partial charge in [-0.15, -0.1) is 0 Å². The molecule has 0 saturated heterocycles. The van der Waals surface area contributed by atoms with E-state index in [1.165, 1.54) is 0 Å². The summed E-state index contributed by atoms with van der Waals surface area (Å²) in [5.74, 6) is 0.884. The largest absolute Gasteiger partial charge is 0.494 e. The highest BCUT2D eigenvalue weighted by molar-refractivity contribution is 5.93. The number of nitrogens with one attached hydrogen (secondary N) is 2. The first-order valence-corrected chi connectivity index (χ1v) is 10.2. The number of benzene rings is 2. The number of hydrogen-bond donors (Lipinski definition) is 2. The molecule has 160 valence electrons. The predicted molar refractivity (Wildman–Crippen MR) is 118 cm³/mol. The van der Waals surface area contributed by atoms with Crippen molar-refractivity contribution in [2.24, 2.45) is 5.10 Å². The number of hydrazone groups is 1. The summed E-state index contributed by atoms with van der Waals surface area (Å²) < 4.78 is 11.1. The van der Waals surface area contributed by atoms with Gasteiger partial charge in [-0.1, -0.05) is 25.5 Å². The van der Waals surface area contributed by atoms with Crippen LogP contribution in [0.25, 0.3) is 0 Å². The highest BCUT2D eigenvalue weighted by Gasteiger charge is 2.07. The van der Waals surface area contributed by atoms with Crippen molar-refractivity contribution in [1.29, 1.82) is 0 Å². The van der Waals surface area contributed by atoms with Crippen molar-refractivity contribution in [2.45, 2.75) is 39.5 Å². The van der Waals surface area contributed by atoms with Crippen molar-refractivity contribution in [2.75, 3.05) is 18.5 Å². The molecule has 0 aliphatic heterocycles. The fourth-order valence-electron chi connectivity index (χ4n) is 2.53. The average Bonchev–Trinajstić information content (AvgIpc) is 2.75. The summed E-state index contributed by atoms with van der Waals surface area (Å²) in [6.45, 7) is 5.23. The molecule has 0 spiro atoms. The fraction of sp³-hybridized carbons (Fsp3) is 0.348. The Morgan fingerprint density at radius 1 is 0.967 bits per heavy atom. The Morgan fingerprint density at radius 2 is 1.70 bits per heavy atom. The maximum Gasteiger partial charge on any atom is 0.240 e. The molecule has 0 aromatic heterocycles. The van der Waals surface area contributed by atoms with Gasteiger partial charge in [-0.2, -0.15) is 5.10 Å². The number of nitrogens with zero attached hydrogens (tertiary/aromatic N) is 1. The van der Waals surface area contributed by atoms with Crippen LogP contribution in [0, 0.1) is 0 Å². The Morgan fingerprint density at radius 3 is 2.43 bits per heavy atom. The standard InChI is InChI=1S/C23H29N3O4/c1-3-5-16-30-21-9-7-6-8-18(21)17-24-26-23(28)15-14-22(27)25-19-10-12-20(13-11-19)29-4-2/h6-13,17H,3-5,14-16H2,1-2H3,(H,25,27)(H,26,28). The van der Waals surface area contributed by atoms with Crippen LogP contribution < -0.4 is 20.2 Å². The van der Waals surface area contributed by atoms with Crippen LogP contribution in [0.2, 0.25) is 0 Å². The van der Waals surface area contributed by atoms with E-state index in [1.54, 1.807) is 30.5 Å². The topological polar surface area (TPSA) is 89.0 Å². The number of hydrogen-bond acceptors (Lipinski definition) is 5. The molecule has 0 radical (unpaired) electrons. The van der Waals surface area contributed by atoms with Crippen LogP contribution in [0.3, 0.4) is 0 Å². The van der Waals surface area contributed by atoms with Crippen molar-refractivity contribution in [3.63, 3.8) is 0 Å². The molecule has 0 aliphatic carbocycles. The normalized spacial score (nSPS) is 10.6. The van der Waals surface area contributed by atoms with Crippen LogP contribution in [0.15, 0.2) is 53.6 Å². The van der Waals surface area contributed by atoms with Gasteiger partial charge in [-0.3, -0.25) is 9.59 Å². The van der Waals surface area contributed by atoms with Crippen molar-refractivity contribution in [1.82, 2.24) is 5.43 Å². The Bertz CT molecular complexity index is 835. The third-order valence-corrected chi connectivity index (χ3v) is 4.10. The molecule has 0 aliphatic rings. The van der Waals surface area contributed by atoms with Crippen molar-refractivity contribution in [3.8, 4) is 11.5 Å². The van der Waals surface area contributed by atoms with Crippen LogP contribution in [0.1, 0.15) is 45.1 Å². The van der Waals surface area contributed by atoms with E-state index in [1.807, 2.05) is 31.2 Å². The average molecular weight is 412 g/mol. The fourth-order valence-corrected chi connectivity index (χ4v) is 2.53. The van der Waals surface area contributed by atoms with E-state index in [2.05, 4.69) is 22.8 Å². The van der Waals surface area contributed by atoms with Gasteiger partial charge in [0.15, 0.2) is 0 Å². The molecule has 0 heterocycles. The molecule has 2 rings (SSSR count). The number of carbonyl (C=O) groups is 2. The molecular formula is C23H29N3O4. The maximum absolute atomic E-state index is 12.0. The van der Waals surface area contributed by atoms with E-state index in [4.69, 9.17) is 9.47 Å². The van der Waals surface area contributed by atoms with Crippen LogP contribution >= 0.6 is 0 Å². The minimum absolute atomic E-state index is 0.0366. The zero-order valence-corrected chi connectivity index (χ0v) is 17.5. The zero-order valence-electron chi connectivity index (χ0n) is 17.5. The molecule has 2 aromatic carbocycles. The van der Waals surface area contributed by atoms with Gasteiger partial charge >= 0.3 is 0 Å². The van der Waals surface area contributed by atoms with Crippen molar-refractivity contribution >= 4 is 23.7 Å². The number of para-hydroxylation sites is 1. The lowest BCUT2D eigenvalue weighted by Gasteiger charge is -2.08. The Hall–Kier alpha value is -3.35. The number of carbonyl (C=O) groups excluding carboxylic acids is 2. The second kappa shape index (κ2) is 13.0. The first kappa shape index (κ1) is 22.9. The minimum atomic E-state index is -0.336. The predicted octanol–water partition coefficient (Wildman–Crippen LogP) is 4.13. The molecule has 0 saturated carbocycles. The summed E-state index contributed by atoms with van der Waals surface area (Å²) in [6.07, 6.45) is 3.67. The molecule has 7 nitrogen and oxygen atoms in total. The molecule has 30 heavy (non-hydrogen) atoms. The summed E-state index contributed by atoms with van der Waals surface area (Å²) in [5, 5.41) is 6.72. The van der Waals surface area contributed by atoms with Gasteiger partial charge in [-0.25, -0.2) is 5.43 Å². The van der Waals surface area contributed by atoms with Crippen LogP contribution in [-0.4, -0.2) is 31.2 Å². The minimum Gasteiger partial charge on any atom is -0.494 e. The molecular weight excluding hydrogens is 382 g/mol. The summed E-state index contributed by atoms with van der Waals surface area (Å²) in [6, 6.07) is 14.6. The maximum atomic E-state index is 12.0. The zero-order chi connectivity index (χ0) is 21.6.